The molecule has 1 aromatic carbocycles. The third-order valence-electron chi connectivity index (χ3n) is 3.99. The molecule has 22 heavy (non-hydrogen) atoms. The van der Waals surface area contributed by atoms with Gasteiger partial charge in [0.15, 0.2) is 6.61 Å². The fourth-order valence-corrected chi connectivity index (χ4v) is 2.54. The molecule has 0 N–H and O–H groups in total. The van der Waals surface area contributed by atoms with Crippen molar-refractivity contribution in [2.45, 2.75) is 26.7 Å². The number of carbonyl (C=O) groups is 2. The summed E-state index contributed by atoms with van der Waals surface area (Å²) in [6, 6.07) is 7.81. The smallest absolute Gasteiger partial charge is 0.260 e. The predicted molar refractivity (Wildman–Crippen MR) is 84.8 cm³/mol. The summed E-state index contributed by atoms with van der Waals surface area (Å²) in [5.41, 5.74) is 1.25. The number of hydrogen-bond acceptors (Lipinski definition) is 3. The van der Waals surface area contributed by atoms with Gasteiger partial charge in [-0.15, -0.1) is 0 Å². The zero-order valence-corrected chi connectivity index (χ0v) is 13.4. The summed E-state index contributed by atoms with van der Waals surface area (Å²) in [5.74, 6) is 0.761. The second-order valence-corrected chi connectivity index (χ2v) is 5.53. The average Bonchev–Trinajstić information content (AvgIpc) is 2.79. The van der Waals surface area contributed by atoms with Crippen molar-refractivity contribution in [1.29, 1.82) is 0 Å². The van der Waals surface area contributed by atoms with Gasteiger partial charge in [0, 0.05) is 33.1 Å². The van der Waals surface area contributed by atoms with Crippen LogP contribution >= 0.6 is 0 Å². The number of hydrogen-bond donors (Lipinski definition) is 0. The molecule has 1 aromatic rings. The maximum absolute atomic E-state index is 12.2. The van der Waals surface area contributed by atoms with Crippen molar-refractivity contribution in [1.82, 2.24) is 9.80 Å². The first-order chi connectivity index (χ1) is 10.6. The van der Waals surface area contributed by atoms with Crippen LogP contribution in [0.1, 0.15) is 25.8 Å². The summed E-state index contributed by atoms with van der Waals surface area (Å²) < 4.78 is 5.56. The van der Waals surface area contributed by atoms with Gasteiger partial charge < -0.3 is 14.5 Å². The number of amides is 2. The lowest BCUT2D eigenvalue weighted by Crippen LogP contribution is -2.38. The average molecular weight is 304 g/mol. The van der Waals surface area contributed by atoms with Crippen LogP contribution in [-0.2, 0) is 16.0 Å². The zero-order valence-electron chi connectivity index (χ0n) is 13.4. The van der Waals surface area contributed by atoms with E-state index in [0.29, 0.717) is 25.4 Å². The van der Waals surface area contributed by atoms with E-state index in [1.54, 1.807) is 16.7 Å². The molecular weight excluding hydrogens is 280 g/mol. The first kappa shape index (κ1) is 16.3. The van der Waals surface area contributed by atoms with Gasteiger partial charge in [-0.25, -0.2) is 0 Å². The molecule has 0 radical (unpaired) electrons. The molecule has 0 saturated carbocycles. The molecule has 5 heteroatoms. The van der Waals surface area contributed by atoms with Gasteiger partial charge in [-0.2, -0.15) is 0 Å². The van der Waals surface area contributed by atoms with Crippen molar-refractivity contribution in [3.05, 3.63) is 29.8 Å². The van der Waals surface area contributed by atoms with Gasteiger partial charge in [-0.3, -0.25) is 9.59 Å². The summed E-state index contributed by atoms with van der Waals surface area (Å²) in [6.45, 7) is 6.30. The number of ether oxygens (including phenoxy) is 1. The quantitative estimate of drug-likeness (QED) is 0.851. The third-order valence-corrected chi connectivity index (χ3v) is 3.99. The van der Waals surface area contributed by atoms with Gasteiger partial charge in [0.05, 0.1) is 0 Å². The summed E-state index contributed by atoms with van der Waals surface area (Å²) in [7, 11) is 0. The predicted octanol–water partition coefficient (Wildman–Crippen LogP) is 1.71. The summed E-state index contributed by atoms with van der Waals surface area (Å²) in [5, 5.41) is 0. The van der Waals surface area contributed by atoms with Crippen LogP contribution in [0.4, 0.5) is 0 Å². The maximum Gasteiger partial charge on any atom is 0.260 e. The minimum Gasteiger partial charge on any atom is -0.484 e. The van der Waals surface area contributed by atoms with Crippen molar-refractivity contribution in [3.8, 4) is 5.75 Å². The second-order valence-electron chi connectivity index (χ2n) is 5.53. The van der Waals surface area contributed by atoms with E-state index in [2.05, 4.69) is 6.92 Å². The SMILES string of the molecule is CCc1ccc(OCC(=O)N2CCCN(C(C)=O)CC2)cc1. The first-order valence-corrected chi connectivity index (χ1v) is 7.85. The van der Waals surface area contributed by atoms with E-state index in [0.717, 1.165) is 19.4 Å². The number of nitrogens with zero attached hydrogens (tertiary/aromatic N) is 2. The monoisotopic (exact) mass is 304 g/mol. The number of rotatable bonds is 4. The fourth-order valence-electron chi connectivity index (χ4n) is 2.54. The van der Waals surface area contributed by atoms with Gasteiger partial charge in [-0.1, -0.05) is 19.1 Å². The highest BCUT2D eigenvalue weighted by Gasteiger charge is 2.20. The van der Waals surface area contributed by atoms with Crippen LogP contribution in [0.5, 0.6) is 5.75 Å². The van der Waals surface area contributed by atoms with Crippen molar-refractivity contribution in [2.24, 2.45) is 0 Å². The Bertz CT molecular complexity index is 513. The lowest BCUT2D eigenvalue weighted by atomic mass is 10.2. The highest BCUT2D eigenvalue weighted by Crippen LogP contribution is 2.13. The Morgan fingerprint density at radius 2 is 1.68 bits per heavy atom. The molecule has 0 aromatic heterocycles. The largest absolute Gasteiger partial charge is 0.484 e. The molecule has 2 rings (SSSR count). The lowest BCUT2D eigenvalue weighted by molar-refractivity contribution is -0.134. The van der Waals surface area contributed by atoms with E-state index in [1.807, 2.05) is 24.3 Å². The number of aryl methyl sites for hydroxylation is 1. The zero-order chi connectivity index (χ0) is 15.9. The lowest BCUT2D eigenvalue weighted by Gasteiger charge is -2.21. The van der Waals surface area contributed by atoms with Gasteiger partial charge in [-0.05, 0) is 30.5 Å². The van der Waals surface area contributed by atoms with E-state index < -0.39 is 0 Å². The Labute approximate surface area is 131 Å². The van der Waals surface area contributed by atoms with Crippen LogP contribution in [0, 0.1) is 0 Å². The first-order valence-electron chi connectivity index (χ1n) is 7.85. The molecule has 1 saturated heterocycles. The Kier molecular flexibility index (Phi) is 5.81. The Hall–Kier alpha value is -2.04. The Morgan fingerprint density at radius 1 is 1.05 bits per heavy atom. The van der Waals surface area contributed by atoms with Crippen molar-refractivity contribution in [2.75, 3.05) is 32.8 Å². The van der Waals surface area contributed by atoms with Gasteiger partial charge >= 0.3 is 0 Å². The molecule has 0 bridgehead atoms. The van der Waals surface area contributed by atoms with Crippen LogP contribution in [0.25, 0.3) is 0 Å². The van der Waals surface area contributed by atoms with E-state index in [1.165, 1.54) is 5.56 Å². The third kappa shape index (κ3) is 4.48. The highest BCUT2D eigenvalue weighted by atomic mass is 16.5. The van der Waals surface area contributed by atoms with Crippen molar-refractivity contribution in [3.63, 3.8) is 0 Å². The molecule has 0 aliphatic carbocycles. The number of benzene rings is 1. The van der Waals surface area contributed by atoms with Gasteiger partial charge in [0.1, 0.15) is 5.75 Å². The van der Waals surface area contributed by atoms with Crippen LogP contribution in [0.3, 0.4) is 0 Å². The van der Waals surface area contributed by atoms with Crippen molar-refractivity contribution < 1.29 is 14.3 Å². The summed E-state index contributed by atoms with van der Waals surface area (Å²) in [4.78, 5) is 27.2. The molecule has 0 atom stereocenters. The summed E-state index contributed by atoms with van der Waals surface area (Å²) >= 11 is 0. The normalized spacial score (nSPS) is 15.4. The van der Waals surface area contributed by atoms with Crippen LogP contribution in [0.15, 0.2) is 24.3 Å². The van der Waals surface area contributed by atoms with E-state index in [4.69, 9.17) is 4.74 Å². The molecule has 0 spiro atoms. The molecule has 1 heterocycles. The molecule has 1 fully saturated rings. The van der Waals surface area contributed by atoms with E-state index in [-0.39, 0.29) is 18.4 Å². The molecule has 120 valence electrons. The molecular formula is C17H24N2O3. The minimum atomic E-state index is -0.0232. The number of carbonyl (C=O) groups excluding carboxylic acids is 2. The highest BCUT2D eigenvalue weighted by molar-refractivity contribution is 5.78. The molecule has 1 aliphatic rings. The van der Waals surface area contributed by atoms with E-state index in [9.17, 15) is 9.59 Å². The van der Waals surface area contributed by atoms with Gasteiger partial charge in [0.25, 0.3) is 5.91 Å². The maximum atomic E-state index is 12.2. The molecule has 5 nitrogen and oxygen atoms in total. The van der Waals surface area contributed by atoms with Crippen LogP contribution in [0.2, 0.25) is 0 Å². The van der Waals surface area contributed by atoms with Crippen molar-refractivity contribution >= 4 is 11.8 Å². The second kappa shape index (κ2) is 7.82. The molecule has 2 amide bonds. The topological polar surface area (TPSA) is 49.9 Å². The molecule has 0 unspecified atom stereocenters. The van der Waals surface area contributed by atoms with Gasteiger partial charge in [0.2, 0.25) is 5.91 Å². The standard InChI is InChI=1S/C17H24N2O3/c1-3-15-5-7-16(8-6-15)22-13-17(21)19-10-4-9-18(11-12-19)14(2)20/h5-8H,3-4,9-13H2,1-2H3. The van der Waals surface area contributed by atoms with Crippen LogP contribution in [-0.4, -0.2) is 54.4 Å². The summed E-state index contributed by atoms with van der Waals surface area (Å²) in [6.07, 6.45) is 1.80. The minimum absolute atomic E-state index is 0.0232. The van der Waals surface area contributed by atoms with E-state index >= 15 is 0 Å². The van der Waals surface area contributed by atoms with Crippen LogP contribution < -0.4 is 4.74 Å². The fraction of sp³-hybridized carbons (Fsp3) is 0.529. The Balaban J connectivity index is 1.82. The Morgan fingerprint density at radius 3 is 2.32 bits per heavy atom. The molecule has 1 aliphatic heterocycles.